The van der Waals surface area contributed by atoms with Gasteiger partial charge in [0.15, 0.2) is 0 Å². The SMILES string of the molecule is Cc1nnc(N2CCCC(c3nc4c(s3)CCCC4)C2)s1. The van der Waals surface area contributed by atoms with Crippen molar-refractivity contribution in [3.05, 3.63) is 20.6 Å². The first-order chi connectivity index (χ1) is 10.3. The Bertz CT molecular complexity index is 610. The molecule has 1 unspecified atom stereocenters. The predicted octanol–water partition coefficient (Wildman–Crippen LogP) is 3.57. The summed E-state index contributed by atoms with van der Waals surface area (Å²) >= 11 is 3.68. The molecule has 2 aliphatic rings. The van der Waals surface area contributed by atoms with Crippen molar-refractivity contribution < 1.29 is 0 Å². The lowest BCUT2D eigenvalue weighted by Crippen LogP contribution is -2.34. The molecule has 1 aliphatic carbocycles. The van der Waals surface area contributed by atoms with E-state index in [0.717, 1.165) is 23.2 Å². The van der Waals surface area contributed by atoms with Gasteiger partial charge >= 0.3 is 0 Å². The minimum atomic E-state index is 0.582. The van der Waals surface area contributed by atoms with Crippen LogP contribution >= 0.6 is 22.7 Å². The fourth-order valence-electron chi connectivity index (χ4n) is 3.31. The van der Waals surface area contributed by atoms with Gasteiger partial charge in [0.2, 0.25) is 5.13 Å². The van der Waals surface area contributed by atoms with Gasteiger partial charge in [0.25, 0.3) is 0 Å². The maximum Gasteiger partial charge on any atom is 0.208 e. The van der Waals surface area contributed by atoms with Gasteiger partial charge in [0, 0.05) is 23.9 Å². The van der Waals surface area contributed by atoms with Crippen LogP contribution in [-0.2, 0) is 12.8 Å². The Balaban J connectivity index is 1.53. The van der Waals surface area contributed by atoms with Crippen LogP contribution in [0.2, 0.25) is 0 Å². The number of aromatic nitrogens is 3. The minimum absolute atomic E-state index is 0.582. The molecular formula is C15H20N4S2. The van der Waals surface area contributed by atoms with Crippen LogP contribution in [0, 0.1) is 6.92 Å². The molecule has 0 aromatic carbocycles. The molecule has 2 aromatic heterocycles. The third kappa shape index (κ3) is 2.71. The molecule has 21 heavy (non-hydrogen) atoms. The van der Waals surface area contributed by atoms with E-state index in [1.54, 1.807) is 16.2 Å². The second-order valence-electron chi connectivity index (χ2n) is 6.02. The van der Waals surface area contributed by atoms with E-state index in [-0.39, 0.29) is 0 Å². The zero-order valence-corrected chi connectivity index (χ0v) is 14.0. The highest BCUT2D eigenvalue weighted by molar-refractivity contribution is 7.15. The minimum Gasteiger partial charge on any atom is -0.346 e. The molecule has 6 heteroatoms. The van der Waals surface area contributed by atoms with Crippen molar-refractivity contribution in [2.24, 2.45) is 0 Å². The summed E-state index contributed by atoms with van der Waals surface area (Å²) in [5.74, 6) is 0.582. The summed E-state index contributed by atoms with van der Waals surface area (Å²) in [5.41, 5.74) is 1.39. The smallest absolute Gasteiger partial charge is 0.208 e. The summed E-state index contributed by atoms with van der Waals surface area (Å²) < 4.78 is 0. The summed E-state index contributed by atoms with van der Waals surface area (Å²) in [6.07, 6.45) is 7.59. The van der Waals surface area contributed by atoms with Gasteiger partial charge in [-0.05, 0) is 45.4 Å². The normalized spacial score (nSPS) is 22.3. The highest BCUT2D eigenvalue weighted by atomic mass is 32.1. The summed E-state index contributed by atoms with van der Waals surface area (Å²) in [6, 6.07) is 0. The monoisotopic (exact) mass is 320 g/mol. The first kappa shape index (κ1) is 13.6. The molecule has 112 valence electrons. The van der Waals surface area contributed by atoms with Crippen molar-refractivity contribution in [2.45, 2.75) is 51.4 Å². The number of nitrogens with zero attached hydrogens (tertiary/aromatic N) is 4. The Kier molecular flexibility index (Phi) is 3.67. The third-order valence-electron chi connectivity index (χ3n) is 4.42. The van der Waals surface area contributed by atoms with Crippen LogP contribution in [0.1, 0.15) is 52.2 Å². The van der Waals surface area contributed by atoms with Gasteiger partial charge in [-0.3, -0.25) is 0 Å². The van der Waals surface area contributed by atoms with Crippen molar-refractivity contribution >= 4 is 27.8 Å². The van der Waals surface area contributed by atoms with E-state index in [9.17, 15) is 0 Å². The molecule has 1 fully saturated rings. The number of hydrogen-bond donors (Lipinski definition) is 0. The number of rotatable bonds is 2. The lowest BCUT2D eigenvalue weighted by molar-refractivity contribution is 0.506. The number of aryl methyl sites for hydroxylation is 3. The van der Waals surface area contributed by atoms with Crippen LogP contribution in [0.15, 0.2) is 0 Å². The van der Waals surface area contributed by atoms with Crippen LogP contribution in [0.4, 0.5) is 5.13 Å². The van der Waals surface area contributed by atoms with Gasteiger partial charge in [-0.1, -0.05) is 11.3 Å². The molecule has 1 atom stereocenters. The van der Waals surface area contributed by atoms with Crippen LogP contribution in [-0.4, -0.2) is 28.3 Å². The lowest BCUT2D eigenvalue weighted by atomic mass is 9.99. The summed E-state index contributed by atoms with van der Waals surface area (Å²) in [4.78, 5) is 8.92. The molecular weight excluding hydrogens is 300 g/mol. The van der Waals surface area contributed by atoms with Crippen molar-refractivity contribution in [1.29, 1.82) is 0 Å². The van der Waals surface area contributed by atoms with E-state index in [2.05, 4.69) is 15.1 Å². The Morgan fingerprint density at radius 2 is 2.00 bits per heavy atom. The molecule has 0 amide bonds. The second kappa shape index (κ2) is 5.65. The fourth-order valence-corrected chi connectivity index (χ4v) is 5.31. The summed E-state index contributed by atoms with van der Waals surface area (Å²) in [5, 5.41) is 12.0. The van der Waals surface area contributed by atoms with Gasteiger partial charge < -0.3 is 4.90 Å². The van der Waals surface area contributed by atoms with Crippen molar-refractivity contribution in [2.75, 3.05) is 18.0 Å². The zero-order chi connectivity index (χ0) is 14.2. The lowest BCUT2D eigenvalue weighted by Gasteiger charge is -2.31. The van der Waals surface area contributed by atoms with Crippen molar-refractivity contribution in [3.63, 3.8) is 0 Å². The van der Waals surface area contributed by atoms with Crippen LogP contribution in [0.3, 0.4) is 0 Å². The van der Waals surface area contributed by atoms with Gasteiger partial charge in [-0.2, -0.15) is 0 Å². The van der Waals surface area contributed by atoms with Gasteiger partial charge in [-0.25, -0.2) is 4.98 Å². The highest BCUT2D eigenvalue weighted by Crippen LogP contribution is 2.36. The van der Waals surface area contributed by atoms with E-state index in [1.807, 2.05) is 18.3 Å². The van der Waals surface area contributed by atoms with Gasteiger partial charge in [0.05, 0.1) is 10.7 Å². The quantitative estimate of drug-likeness (QED) is 0.848. The summed E-state index contributed by atoms with van der Waals surface area (Å²) in [6.45, 7) is 4.19. The highest BCUT2D eigenvalue weighted by Gasteiger charge is 2.27. The number of thiazole rings is 1. The van der Waals surface area contributed by atoms with Crippen LogP contribution < -0.4 is 4.90 Å². The molecule has 2 aromatic rings. The Morgan fingerprint density at radius 3 is 2.81 bits per heavy atom. The molecule has 0 bridgehead atoms. The maximum absolute atomic E-state index is 4.97. The molecule has 1 saturated heterocycles. The molecule has 4 nitrogen and oxygen atoms in total. The number of fused-ring (bicyclic) bond motifs is 1. The molecule has 1 aliphatic heterocycles. The van der Waals surface area contributed by atoms with Gasteiger partial charge in [0.1, 0.15) is 5.01 Å². The molecule has 4 rings (SSSR count). The number of anilines is 1. The average molecular weight is 320 g/mol. The second-order valence-corrected chi connectivity index (χ2v) is 8.29. The van der Waals surface area contributed by atoms with Crippen LogP contribution in [0.25, 0.3) is 0 Å². The largest absolute Gasteiger partial charge is 0.346 e. The van der Waals surface area contributed by atoms with Crippen molar-refractivity contribution in [1.82, 2.24) is 15.2 Å². The Labute approximate surface area is 133 Å². The van der Waals surface area contributed by atoms with Crippen molar-refractivity contribution in [3.8, 4) is 0 Å². The maximum atomic E-state index is 4.97. The zero-order valence-electron chi connectivity index (χ0n) is 12.3. The average Bonchev–Trinajstić information content (AvgIpc) is 3.13. The molecule has 0 radical (unpaired) electrons. The first-order valence-corrected chi connectivity index (χ1v) is 9.46. The van der Waals surface area contributed by atoms with E-state index in [0.29, 0.717) is 5.92 Å². The number of hydrogen-bond acceptors (Lipinski definition) is 6. The topological polar surface area (TPSA) is 41.9 Å². The van der Waals surface area contributed by atoms with E-state index < -0.39 is 0 Å². The van der Waals surface area contributed by atoms with E-state index in [1.165, 1.54) is 49.2 Å². The van der Waals surface area contributed by atoms with E-state index in [4.69, 9.17) is 4.98 Å². The van der Waals surface area contributed by atoms with E-state index >= 15 is 0 Å². The predicted molar refractivity (Wildman–Crippen MR) is 87.6 cm³/mol. The molecule has 0 N–H and O–H groups in total. The molecule has 0 saturated carbocycles. The number of piperidine rings is 1. The first-order valence-electron chi connectivity index (χ1n) is 7.83. The van der Waals surface area contributed by atoms with Crippen LogP contribution in [0.5, 0.6) is 0 Å². The standard InChI is InChI=1S/C15H20N4S2/c1-10-17-18-15(20-10)19-8-4-5-11(9-19)14-16-12-6-2-3-7-13(12)21-14/h11H,2-9H2,1H3. The van der Waals surface area contributed by atoms with Gasteiger partial charge in [-0.15, -0.1) is 21.5 Å². The molecule has 0 spiro atoms. The Hall–Kier alpha value is -1.01. The fraction of sp³-hybridized carbons (Fsp3) is 0.667. The summed E-state index contributed by atoms with van der Waals surface area (Å²) in [7, 11) is 0. The Morgan fingerprint density at radius 1 is 1.10 bits per heavy atom. The third-order valence-corrected chi connectivity index (χ3v) is 6.64. The molecule has 3 heterocycles.